The van der Waals surface area contributed by atoms with Gasteiger partial charge < -0.3 is 10.0 Å². The summed E-state index contributed by atoms with van der Waals surface area (Å²) in [6.07, 6.45) is 0. The topological polar surface area (TPSA) is 64.9 Å². The molecule has 0 radical (unpaired) electrons. The van der Waals surface area contributed by atoms with E-state index in [4.69, 9.17) is 5.11 Å². The Hall–Kier alpha value is -3.60. The third-order valence-corrected chi connectivity index (χ3v) is 4.65. The van der Waals surface area contributed by atoms with Gasteiger partial charge in [0, 0.05) is 5.69 Å². The van der Waals surface area contributed by atoms with E-state index < -0.39 is 5.97 Å². The van der Waals surface area contributed by atoms with E-state index in [2.05, 4.69) is 39.7 Å². The van der Waals surface area contributed by atoms with Crippen LogP contribution in [0.4, 0.5) is 5.69 Å². The van der Waals surface area contributed by atoms with Crippen LogP contribution < -0.4 is 10.3 Å². The SMILES string of the molecule is O=C(O)c1ccc(N2CNN=C2C(c2ccccc2)c2ccccc2)cc1. The van der Waals surface area contributed by atoms with Crippen molar-refractivity contribution >= 4 is 17.5 Å². The van der Waals surface area contributed by atoms with Crippen molar-refractivity contribution in [2.45, 2.75) is 5.92 Å². The van der Waals surface area contributed by atoms with Crippen LogP contribution in [0.25, 0.3) is 0 Å². The molecule has 0 fully saturated rings. The molecular formula is C22H19N3O2. The monoisotopic (exact) mass is 357 g/mol. The molecule has 5 heteroatoms. The first-order chi connectivity index (χ1) is 13.2. The summed E-state index contributed by atoms with van der Waals surface area (Å²) in [7, 11) is 0. The Bertz CT molecular complexity index is 914. The molecule has 1 aliphatic heterocycles. The number of amidine groups is 1. The lowest BCUT2D eigenvalue weighted by molar-refractivity contribution is 0.0697. The number of carbonyl (C=O) groups is 1. The number of nitrogens with zero attached hydrogens (tertiary/aromatic N) is 2. The molecule has 0 amide bonds. The number of carboxylic acid groups (broad SMARTS) is 1. The molecule has 0 aromatic heterocycles. The maximum Gasteiger partial charge on any atom is 0.335 e. The van der Waals surface area contributed by atoms with Crippen molar-refractivity contribution in [3.05, 3.63) is 102 Å². The summed E-state index contributed by atoms with van der Waals surface area (Å²) in [6.45, 7) is 0.540. The number of benzene rings is 3. The van der Waals surface area contributed by atoms with Gasteiger partial charge in [0.25, 0.3) is 0 Å². The first-order valence-electron chi connectivity index (χ1n) is 8.75. The van der Waals surface area contributed by atoms with Crippen LogP contribution in [0.2, 0.25) is 0 Å². The van der Waals surface area contributed by atoms with Crippen molar-refractivity contribution in [3.8, 4) is 0 Å². The molecule has 3 aromatic rings. The Morgan fingerprint density at radius 3 is 1.96 bits per heavy atom. The fourth-order valence-corrected chi connectivity index (χ4v) is 3.34. The van der Waals surface area contributed by atoms with Crippen molar-refractivity contribution in [1.29, 1.82) is 0 Å². The average molecular weight is 357 g/mol. The Morgan fingerprint density at radius 1 is 0.889 bits per heavy atom. The Labute approximate surface area is 157 Å². The highest BCUT2D eigenvalue weighted by Gasteiger charge is 2.29. The zero-order valence-corrected chi connectivity index (χ0v) is 14.6. The molecule has 0 spiro atoms. The predicted octanol–water partition coefficient (Wildman–Crippen LogP) is 3.90. The molecule has 1 heterocycles. The second-order valence-electron chi connectivity index (χ2n) is 6.32. The molecule has 5 nitrogen and oxygen atoms in total. The Balaban J connectivity index is 1.74. The van der Waals surface area contributed by atoms with Gasteiger partial charge in [-0.3, -0.25) is 5.43 Å². The van der Waals surface area contributed by atoms with E-state index in [1.165, 1.54) is 0 Å². The number of nitrogens with one attached hydrogen (secondary N) is 1. The summed E-state index contributed by atoms with van der Waals surface area (Å²) >= 11 is 0. The molecule has 134 valence electrons. The van der Waals surface area contributed by atoms with Crippen molar-refractivity contribution in [1.82, 2.24) is 5.43 Å². The van der Waals surface area contributed by atoms with Crippen LogP contribution in [-0.2, 0) is 0 Å². The van der Waals surface area contributed by atoms with Crippen LogP contribution in [0.3, 0.4) is 0 Å². The van der Waals surface area contributed by atoms with Crippen molar-refractivity contribution < 1.29 is 9.90 Å². The van der Waals surface area contributed by atoms with E-state index in [-0.39, 0.29) is 11.5 Å². The maximum atomic E-state index is 11.1. The van der Waals surface area contributed by atoms with Crippen LogP contribution in [0.5, 0.6) is 0 Å². The van der Waals surface area contributed by atoms with Gasteiger partial charge >= 0.3 is 5.97 Å². The fraction of sp³-hybridized carbons (Fsp3) is 0.0909. The highest BCUT2D eigenvalue weighted by molar-refractivity contribution is 6.05. The number of hydrazone groups is 1. The summed E-state index contributed by atoms with van der Waals surface area (Å²) in [5.41, 5.74) is 6.55. The molecule has 0 saturated carbocycles. The summed E-state index contributed by atoms with van der Waals surface area (Å²) in [5.74, 6) is -0.0709. The van der Waals surface area contributed by atoms with Gasteiger partial charge in [-0.05, 0) is 35.4 Å². The van der Waals surface area contributed by atoms with Crippen molar-refractivity contribution in [3.63, 3.8) is 0 Å². The minimum absolute atomic E-state index is 0.0263. The van der Waals surface area contributed by atoms with Gasteiger partial charge in [0.15, 0.2) is 0 Å². The van der Waals surface area contributed by atoms with E-state index in [0.717, 1.165) is 22.6 Å². The second kappa shape index (κ2) is 7.33. The van der Waals surface area contributed by atoms with Gasteiger partial charge in [-0.25, -0.2) is 4.79 Å². The molecule has 0 saturated heterocycles. The maximum absolute atomic E-state index is 11.1. The van der Waals surface area contributed by atoms with E-state index in [1.807, 2.05) is 48.5 Å². The molecule has 2 N–H and O–H groups in total. The molecular weight excluding hydrogens is 338 g/mol. The zero-order valence-electron chi connectivity index (χ0n) is 14.6. The molecule has 0 unspecified atom stereocenters. The standard InChI is InChI=1S/C22H19N3O2/c26-22(27)18-11-13-19(14-12-18)25-15-23-24-21(25)20(16-7-3-1-4-8-16)17-9-5-2-6-10-17/h1-14,20,23H,15H2,(H,26,27). The van der Waals surface area contributed by atoms with Gasteiger partial charge in [-0.1, -0.05) is 60.7 Å². The Morgan fingerprint density at radius 2 is 1.44 bits per heavy atom. The molecule has 1 aliphatic rings. The van der Waals surface area contributed by atoms with Gasteiger partial charge in [0.05, 0.1) is 11.5 Å². The minimum atomic E-state index is -0.929. The molecule has 3 aromatic carbocycles. The minimum Gasteiger partial charge on any atom is -0.478 e. The second-order valence-corrected chi connectivity index (χ2v) is 6.32. The Kier molecular flexibility index (Phi) is 4.58. The van der Waals surface area contributed by atoms with Crippen molar-refractivity contribution in [2.75, 3.05) is 11.6 Å². The number of carboxylic acids is 1. The lowest BCUT2D eigenvalue weighted by Gasteiger charge is -2.26. The number of anilines is 1. The molecule has 0 atom stereocenters. The van der Waals surface area contributed by atoms with Crippen molar-refractivity contribution in [2.24, 2.45) is 5.10 Å². The number of hydrogen-bond donors (Lipinski definition) is 2. The molecule has 27 heavy (non-hydrogen) atoms. The largest absolute Gasteiger partial charge is 0.478 e. The highest BCUT2D eigenvalue weighted by atomic mass is 16.4. The summed E-state index contributed by atoms with van der Waals surface area (Å²) in [6, 6.07) is 27.4. The molecule has 4 rings (SSSR count). The summed E-state index contributed by atoms with van der Waals surface area (Å²) < 4.78 is 0. The van der Waals surface area contributed by atoms with E-state index >= 15 is 0 Å². The zero-order chi connectivity index (χ0) is 18.6. The van der Waals surface area contributed by atoms with E-state index in [0.29, 0.717) is 6.67 Å². The van der Waals surface area contributed by atoms with Gasteiger partial charge in [0.2, 0.25) is 0 Å². The number of rotatable bonds is 5. The quantitative estimate of drug-likeness (QED) is 0.727. The first kappa shape index (κ1) is 16.8. The number of hydrogen-bond acceptors (Lipinski definition) is 4. The smallest absolute Gasteiger partial charge is 0.335 e. The summed E-state index contributed by atoms with van der Waals surface area (Å²) in [5, 5.41) is 13.7. The predicted molar refractivity (Wildman–Crippen MR) is 106 cm³/mol. The van der Waals surface area contributed by atoms with Gasteiger partial charge in [-0.2, -0.15) is 5.10 Å². The fourth-order valence-electron chi connectivity index (χ4n) is 3.34. The van der Waals surface area contributed by atoms with E-state index in [1.54, 1.807) is 12.1 Å². The van der Waals surface area contributed by atoms with Crippen LogP contribution in [0.1, 0.15) is 27.4 Å². The first-order valence-corrected chi connectivity index (χ1v) is 8.75. The lowest BCUT2D eigenvalue weighted by Crippen LogP contribution is -2.33. The highest BCUT2D eigenvalue weighted by Crippen LogP contribution is 2.31. The molecule has 0 aliphatic carbocycles. The number of aromatic carboxylic acids is 1. The third-order valence-electron chi connectivity index (χ3n) is 4.65. The average Bonchev–Trinajstić information content (AvgIpc) is 3.19. The van der Waals surface area contributed by atoms with Crippen LogP contribution in [0.15, 0.2) is 90.0 Å². The van der Waals surface area contributed by atoms with Crippen LogP contribution in [0, 0.1) is 0 Å². The summed E-state index contributed by atoms with van der Waals surface area (Å²) in [4.78, 5) is 13.2. The lowest BCUT2D eigenvalue weighted by atomic mass is 9.89. The third kappa shape index (κ3) is 3.40. The van der Waals surface area contributed by atoms with Crippen LogP contribution in [-0.4, -0.2) is 23.6 Å². The molecule has 0 bridgehead atoms. The van der Waals surface area contributed by atoms with E-state index in [9.17, 15) is 4.79 Å². The normalized spacial score (nSPS) is 13.4. The van der Waals surface area contributed by atoms with Gasteiger partial charge in [-0.15, -0.1) is 0 Å². The van der Waals surface area contributed by atoms with Gasteiger partial charge in [0.1, 0.15) is 12.5 Å². The van der Waals surface area contributed by atoms with Crippen LogP contribution >= 0.6 is 0 Å².